The Bertz CT molecular complexity index is 1320. The Hall–Kier alpha value is -4.17. The van der Waals surface area contributed by atoms with E-state index in [1.54, 1.807) is 54.9 Å². The number of hydrogen-bond acceptors (Lipinski definition) is 5. The Labute approximate surface area is 201 Å². The highest BCUT2D eigenvalue weighted by Gasteiger charge is 2.12. The Morgan fingerprint density at radius 1 is 0.853 bits per heavy atom. The fourth-order valence-corrected chi connectivity index (χ4v) is 4.00. The molecule has 0 unspecified atom stereocenters. The lowest BCUT2D eigenvalue weighted by molar-refractivity contribution is -0.113. The van der Waals surface area contributed by atoms with Gasteiger partial charge < -0.3 is 10.6 Å². The molecule has 170 valence electrons. The fraction of sp³-hybridized carbons (Fsp3) is 0.0769. The molecule has 0 spiro atoms. The molecule has 0 saturated carbocycles. The summed E-state index contributed by atoms with van der Waals surface area (Å²) in [7, 11) is 0. The average Bonchev–Trinajstić information content (AvgIpc) is 3.32. The summed E-state index contributed by atoms with van der Waals surface area (Å²) < 4.78 is 1.83. The van der Waals surface area contributed by atoms with E-state index in [1.165, 1.54) is 18.7 Å². The molecule has 4 aromatic rings. The van der Waals surface area contributed by atoms with E-state index < -0.39 is 0 Å². The van der Waals surface area contributed by atoms with E-state index in [-0.39, 0.29) is 23.4 Å². The maximum absolute atomic E-state index is 12.7. The van der Waals surface area contributed by atoms with E-state index in [0.717, 1.165) is 11.4 Å². The van der Waals surface area contributed by atoms with E-state index in [0.29, 0.717) is 22.0 Å². The number of rotatable bonds is 8. The summed E-state index contributed by atoms with van der Waals surface area (Å²) in [6, 6.07) is 23.2. The number of hydrogen-bond donors (Lipinski definition) is 2. The molecule has 0 bridgehead atoms. The van der Waals surface area contributed by atoms with Crippen molar-refractivity contribution in [2.24, 2.45) is 0 Å². The van der Waals surface area contributed by atoms with Crippen LogP contribution in [0.1, 0.15) is 27.6 Å². The highest BCUT2D eigenvalue weighted by Crippen LogP contribution is 2.22. The third-order valence-corrected chi connectivity index (χ3v) is 5.90. The van der Waals surface area contributed by atoms with Gasteiger partial charge in [-0.15, -0.1) is 0 Å². The first-order valence-electron chi connectivity index (χ1n) is 10.5. The van der Waals surface area contributed by atoms with Gasteiger partial charge in [-0.1, -0.05) is 36.0 Å². The second-order valence-electron chi connectivity index (χ2n) is 7.42. The highest BCUT2D eigenvalue weighted by molar-refractivity contribution is 7.99. The van der Waals surface area contributed by atoms with Crippen LogP contribution in [-0.4, -0.2) is 32.9 Å². The fourth-order valence-electron chi connectivity index (χ4n) is 3.23. The van der Waals surface area contributed by atoms with Crippen LogP contribution in [0.2, 0.25) is 0 Å². The molecular weight excluding hydrogens is 448 g/mol. The van der Waals surface area contributed by atoms with E-state index in [9.17, 15) is 14.4 Å². The summed E-state index contributed by atoms with van der Waals surface area (Å²) >= 11 is 1.29. The summed E-state index contributed by atoms with van der Waals surface area (Å²) in [5.41, 5.74) is 3.21. The molecule has 4 rings (SSSR count). The van der Waals surface area contributed by atoms with Crippen molar-refractivity contribution in [3.63, 3.8) is 0 Å². The minimum atomic E-state index is -0.211. The molecule has 0 aliphatic carbocycles. The van der Waals surface area contributed by atoms with Crippen molar-refractivity contribution in [2.75, 3.05) is 16.4 Å². The van der Waals surface area contributed by atoms with Crippen LogP contribution < -0.4 is 10.6 Å². The molecule has 2 amide bonds. The molecule has 3 aromatic carbocycles. The third kappa shape index (κ3) is 5.79. The molecule has 0 fully saturated rings. The Morgan fingerprint density at radius 2 is 1.59 bits per heavy atom. The van der Waals surface area contributed by atoms with Crippen LogP contribution in [0.4, 0.5) is 11.4 Å². The first kappa shape index (κ1) is 23.0. The minimum absolute atomic E-state index is 0.0260. The van der Waals surface area contributed by atoms with Gasteiger partial charge in [-0.05, 0) is 61.5 Å². The molecule has 0 atom stereocenters. The lowest BCUT2D eigenvalue weighted by Crippen LogP contribution is -2.14. The van der Waals surface area contributed by atoms with Gasteiger partial charge in [0.05, 0.1) is 5.75 Å². The first-order chi connectivity index (χ1) is 16.5. The number of imidazole rings is 1. The van der Waals surface area contributed by atoms with Crippen LogP contribution in [0, 0.1) is 0 Å². The highest BCUT2D eigenvalue weighted by atomic mass is 32.2. The van der Waals surface area contributed by atoms with Crippen molar-refractivity contribution in [1.82, 2.24) is 9.55 Å². The number of nitrogens with one attached hydrogen (secondary N) is 2. The number of nitrogens with zero attached hydrogens (tertiary/aromatic N) is 2. The van der Waals surface area contributed by atoms with Gasteiger partial charge in [-0.25, -0.2) is 4.98 Å². The smallest absolute Gasteiger partial charge is 0.255 e. The lowest BCUT2D eigenvalue weighted by Gasteiger charge is -2.10. The van der Waals surface area contributed by atoms with Gasteiger partial charge in [-0.3, -0.25) is 19.0 Å². The molecule has 1 heterocycles. The molecule has 8 heteroatoms. The minimum Gasteiger partial charge on any atom is -0.325 e. The van der Waals surface area contributed by atoms with E-state index in [1.807, 2.05) is 41.0 Å². The van der Waals surface area contributed by atoms with Crippen molar-refractivity contribution >= 4 is 40.7 Å². The maximum atomic E-state index is 12.7. The van der Waals surface area contributed by atoms with Crippen LogP contribution in [0.25, 0.3) is 5.69 Å². The molecule has 0 aliphatic rings. The molecule has 34 heavy (non-hydrogen) atoms. The molecule has 0 radical (unpaired) electrons. The second kappa shape index (κ2) is 10.6. The number of thioether (sulfide) groups is 1. The molecular formula is C26H22N4O3S. The number of Topliss-reactive ketones (excluding diaryl/α,β-unsaturated/α-hetero) is 1. The van der Waals surface area contributed by atoms with Crippen molar-refractivity contribution in [2.45, 2.75) is 12.1 Å². The van der Waals surface area contributed by atoms with Crippen LogP contribution in [0.5, 0.6) is 0 Å². The molecule has 0 saturated heterocycles. The van der Waals surface area contributed by atoms with E-state index in [4.69, 9.17) is 0 Å². The van der Waals surface area contributed by atoms with E-state index >= 15 is 0 Å². The number of benzene rings is 3. The first-order valence-corrected chi connectivity index (χ1v) is 11.5. The summed E-state index contributed by atoms with van der Waals surface area (Å²) in [5, 5.41) is 6.32. The Kier molecular flexibility index (Phi) is 7.19. The average molecular weight is 471 g/mol. The number of aromatic nitrogens is 2. The molecule has 0 aliphatic heterocycles. The van der Waals surface area contributed by atoms with Crippen molar-refractivity contribution in [3.05, 3.63) is 102 Å². The van der Waals surface area contributed by atoms with Crippen LogP contribution in [-0.2, 0) is 4.79 Å². The predicted molar refractivity (Wildman–Crippen MR) is 134 cm³/mol. The van der Waals surface area contributed by atoms with E-state index in [2.05, 4.69) is 15.6 Å². The van der Waals surface area contributed by atoms with Gasteiger partial charge in [-0.2, -0.15) is 0 Å². The molecule has 7 nitrogen and oxygen atoms in total. The van der Waals surface area contributed by atoms with Crippen LogP contribution >= 0.6 is 11.8 Å². The lowest BCUT2D eigenvalue weighted by atomic mass is 10.1. The summed E-state index contributed by atoms with van der Waals surface area (Å²) in [4.78, 5) is 40.8. The van der Waals surface area contributed by atoms with Gasteiger partial charge in [0, 0.05) is 40.6 Å². The topological polar surface area (TPSA) is 93.1 Å². The van der Waals surface area contributed by atoms with Gasteiger partial charge in [0.2, 0.25) is 5.91 Å². The molecule has 1 aromatic heterocycles. The summed E-state index contributed by atoms with van der Waals surface area (Å²) in [5.74, 6) is -0.273. The van der Waals surface area contributed by atoms with Crippen molar-refractivity contribution in [3.8, 4) is 5.69 Å². The number of anilines is 2. The Morgan fingerprint density at radius 3 is 2.32 bits per heavy atom. The monoisotopic (exact) mass is 470 g/mol. The van der Waals surface area contributed by atoms with Gasteiger partial charge in [0.25, 0.3) is 5.91 Å². The number of carbonyl (C=O) groups is 3. The van der Waals surface area contributed by atoms with Crippen molar-refractivity contribution < 1.29 is 14.4 Å². The standard InChI is InChI=1S/C26H22N4O3S/c1-18(31)19-10-12-22(13-11-19)28-24(32)17-34-26-27-14-15-30(26)23-9-5-6-20(16-23)25(33)29-21-7-3-2-4-8-21/h2-16H,17H2,1H3,(H,28,32)(H,29,33). The third-order valence-electron chi connectivity index (χ3n) is 4.93. The number of para-hydroxylation sites is 1. The predicted octanol–water partition coefficient (Wildman–Crippen LogP) is 5.06. The molecule has 2 N–H and O–H groups in total. The normalized spacial score (nSPS) is 10.5. The number of amides is 2. The van der Waals surface area contributed by atoms with Crippen LogP contribution in [0.15, 0.2) is 96.4 Å². The largest absolute Gasteiger partial charge is 0.325 e. The van der Waals surface area contributed by atoms with Gasteiger partial charge >= 0.3 is 0 Å². The second-order valence-corrected chi connectivity index (χ2v) is 8.36. The van der Waals surface area contributed by atoms with Crippen LogP contribution in [0.3, 0.4) is 0 Å². The zero-order valence-corrected chi connectivity index (χ0v) is 19.2. The quantitative estimate of drug-likeness (QED) is 0.277. The number of ketones is 1. The maximum Gasteiger partial charge on any atom is 0.255 e. The summed E-state index contributed by atoms with van der Waals surface area (Å²) in [6.07, 6.45) is 3.44. The van der Waals surface area contributed by atoms with Crippen molar-refractivity contribution in [1.29, 1.82) is 0 Å². The SMILES string of the molecule is CC(=O)c1ccc(NC(=O)CSc2nccn2-c2cccc(C(=O)Nc3ccccc3)c2)cc1. The van der Waals surface area contributed by atoms with Gasteiger partial charge in [0.15, 0.2) is 10.9 Å². The number of carbonyl (C=O) groups excluding carboxylic acids is 3. The zero-order chi connectivity index (χ0) is 23.9. The zero-order valence-electron chi connectivity index (χ0n) is 18.4. The Balaban J connectivity index is 1.40. The summed E-state index contributed by atoms with van der Waals surface area (Å²) in [6.45, 7) is 1.50. The van der Waals surface area contributed by atoms with Gasteiger partial charge in [0.1, 0.15) is 0 Å².